The number of aliphatic hydroxyl groups excluding tert-OH is 1. The molecule has 2 aliphatic carbocycles. The normalized spacial score (nSPS) is 25.9. The lowest BCUT2D eigenvalue weighted by Gasteiger charge is -2.54. The van der Waals surface area contributed by atoms with E-state index >= 15 is 0 Å². The van der Waals surface area contributed by atoms with E-state index < -0.39 is 10.8 Å². The van der Waals surface area contributed by atoms with E-state index in [-0.39, 0.29) is 12.1 Å². The van der Waals surface area contributed by atoms with Gasteiger partial charge in [-0.25, -0.2) is 15.0 Å². The molecule has 1 spiro atoms. The van der Waals surface area contributed by atoms with Gasteiger partial charge in [0.25, 0.3) is 0 Å². The van der Waals surface area contributed by atoms with Crippen molar-refractivity contribution in [1.82, 2.24) is 19.9 Å². The average molecular weight is 489 g/mol. The van der Waals surface area contributed by atoms with Crippen molar-refractivity contribution in [3.05, 3.63) is 29.4 Å². The van der Waals surface area contributed by atoms with E-state index in [9.17, 15) is 9.32 Å². The van der Waals surface area contributed by atoms with Gasteiger partial charge in [-0.2, -0.15) is 4.98 Å². The Kier molecular flexibility index (Phi) is 5.34. The third-order valence-corrected chi connectivity index (χ3v) is 9.79. The Morgan fingerprint density at radius 1 is 1.09 bits per heavy atom. The largest absolute Gasteiger partial charge is 0.394 e. The predicted molar refractivity (Wildman–Crippen MR) is 127 cm³/mol. The van der Waals surface area contributed by atoms with Crippen molar-refractivity contribution >= 4 is 34.2 Å². The molecule has 1 saturated heterocycles. The summed E-state index contributed by atoms with van der Waals surface area (Å²) in [6, 6.07) is 0. The predicted octanol–water partition coefficient (Wildman–Crippen LogP) is 2.93. The number of hydrogen-bond donors (Lipinski definition) is 1. The average Bonchev–Trinajstić information content (AvgIpc) is 2.79. The Labute approximate surface area is 201 Å². The smallest absolute Gasteiger partial charge is 0.227 e. The van der Waals surface area contributed by atoms with Gasteiger partial charge in [-0.3, -0.25) is 4.21 Å². The van der Waals surface area contributed by atoms with E-state index in [2.05, 4.69) is 24.8 Å². The van der Waals surface area contributed by atoms with Crippen molar-refractivity contribution in [3.8, 4) is 0 Å². The summed E-state index contributed by atoms with van der Waals surface area (Å²) in [5, 5.41) is 10.7. The molecule has 0 radical (unpaired) electrons. The zero-order valence-electron chi connectivity index (χ0n) is 18.6. The summed E-state index contributed by atoms with van der Waals surface area (Å²) < 4.78 is 12.6. The summed E-state index contributed by atoms with van der Waals surface area (Å²) >= 11 is 5.93. The molecule has 1 atom stereocenters. The maximum atomic E-state index is 12.6. The molecule has 176 valence electrons. The Balaban J connectivity index is 1.16. The van der Waals surface area contributed by atoms with Crippen LogP contribution in [0, 0.1) is 5.41 Å². The number of fused-ring (bicyclic) bond motifs is 1. The summed E-state index contributed by atoms with van der Waals surface area (Å²) in [6.07, 6.45) is 12.6. The SMILES string of the molecule is O=[S@@]1CCN(C2(CO)CCC2)c2nc(N3CC4(CCC(c5ncc(Cl)cn5)CC4)C3)ncc21. The fourth-order valence-electron chi connectivity index (χ4n) is 6.05. The van der Waals surface area contributed by atoms with Crippen LogP contribution < -0.4 is 9.80 Å². The Bertz CT molecular complexity index is 1060. The molecule has 0 unspecified atom stereocenters. The van der Waals surface area contributed by atoms with E-state index in [0.29, 0.717) is 33.5 Å². The molecule has 4 heterocycles. The van der Waals surface area contributed by atoms with Gasteiger partial charge in [0.15, 0.2) is 5.82 Å². The van der Waals surface area contributed by atoms with Crippen molar-refractivity contribution in [2.45, 2.75) is 61.3 Å². The fourth-order valence-corrected chi connectivity index (χ4v) is 7.25. The van der Waals surface area contributed by atoms with Crippen LogP contribution in [0.3, 0.4) is 0 Å². The lowest BCUT2D eigenvalue weighted by molar-refractivity contribution is 0.115. The number of rotatable bonds is 4. The molecule has 2 aliphatic heterocycles. The molecule has 3 fully saturated rings. The van der Waals surface area contributed by atoms with Crippen LogP contribution in [-0.2, 0) is 10.8 Å². The summed E-state index contributed by atoms with van der Waals surface area (Å²) in [4.78, 5) is 23.5. The van der Waals surface area contributed by atoms with E-state index in [4.69, 9.17) is 16.6 Å². The second-order valence-corrected chi connectivity index (χ2v) is 12.2. The summed E-state index contributed by atoms with van der Waals surface area (Å²) in [5.74, 6) is 3.37. The Hall–Kier alpha value is -1.84. The molecule has 33 heavy (non-hydrogen) atoms. The highest BCUT2D eigenvalue weighted by Crippen LogP contribution is 2.49. The fraction of sp³-hybridized carbons (Fsp3) is 0.652. The third-order valence-electron chi connectivity index (χ3n) is 8.26. The van der Waals surface area contributed by atoms with Crippen molar-refractivity contribution in [1.29, 1.82) is 0 Å². The summed E-state index contributed by atoms with van der Waals surface area (Å²) in [6.45, 7) is 2.70. The number of halogens is 1. The minimum absolute atomic E-state index is 0.115. The molecule has 10 heteroatoms. The van der Waals surface area contributed by atoms with Crippen molar-refractivity contribution in [2.24, 2.45) is 5.41 Å². The van der Waals surface area contributed by atoms with Gasteiger partial charge in [-0.1, -0.05) is 11.6 Å². The standard InChI is InChI=1S/C23H29ClN6O2S/c24-17-10-25-19(26-11-17)16-2-6-22(7-3-16)13-29(14-22)21-27-12-18-20(28-21)30(8-9-33(18)32)23(15-31)4-1-5-23/h10-12,16,31H,1-9,13-15H2/t33-/m1/s1. The van der Waals surface area contributed by atoms with Crippen LogP contribution in [0.4, 0.5) is 11.8 Å². The summed E-state index contributed by atoms with van der Waals surface area (Å²) in [7, 11) is -1.08. The first-order valence-corrected chi connectivity index (χ1v) is 13.6. The molecule has 1 N–H and O–H groups in total. The molecule has 6 rings (SSSR count). The second-order valence-electron chi connectivity index (χ2n) is 10.2. The maximum Gasteiger partial charge on any atom is 0.227 e. The Morgan fingerprint density at radius 3 is 2.45 bits per heavy atom. The van der Waals surface area contributed by atoms with Crippen molar-refractivity contribution < 1.29 is 9.32 Å². The lowest BCUT2D eigenvalue weighted by Crippen LogP contribution is -2.60. The highest BCUT2D eigenvalue weighted by atomic mass is 35.5. The van der Waals surface area contributed by atoms with Gasteiger partial charge in [-0.05, 0) is 44.9 Å². The van der Waals surface area contributed by atoms with Gasteiger partial charge in [0, 0.05) is 49.1 Å². The van der Waals surface area contributed by atoms with Gasteiger partial charge in [0.1, 0.15) is 5.82 Å². The monoisotopic (exact) mass is 488 g/mol. The number of anilines is 2. The van der Waals surface area contributed by atoms with E-state index in [0.717, 1.165) is 75.6 Å². The lowest BCUT2D eigenvalue weighted by atomic mass is 9.66. The zero-order valence-corrected chi connectivity index (χ0v) is 20.2. The van der Waals surface area contributed by atoms with Gasteiger partial charge in [0.2, 0.25) is 5.95 Å². The number of aliphatic hydroxyl groups is 1. The topological polar surface area (TPSA) is 95.3 Å². The molecule has 8 nitrogen and oxygen atoms in total. The van der Waals surface area contributed by atoms with Crippen LogP contribution in [0.5, 0.6) is 0 Å². The first kappa shape index (κ1) is 21.7. The van der Waals surface area contributed by atoms with Gasteiger partial charge < -0.3 is 14.9 Å². The van der Waals surface area contributed by atoms with E-state index in [1.165, 1.54) is 0 Å². The molecule has 0 amide bonds. The minimum Gasteiger partial charge on any atom is -0.394 e. The second kappa shape index (κ2) is 8.13. The van der Waals surface area contributed by atoms with Gasteiger partial charge >= 0.3 is 0 Å². The molecular weight excluding hydrogens is 460 g/mol. The molecule has 2 aromatic heterocycles. The van der Waals surface area contributed by atoms with Crippen molar-refractivity contribution in [3.63, 3.8) is 0 Å². The van der Waals surface area contributed by atoms with Gasteiger partial charge in [0.05, 0.1) is 39.1 Å². The molecule has 4 aliphatic rings. The first-order chi connectivity index (χ1) is 16.0. The number of hydrogen-bond acceptors (Lipinski definition) is 8. The first-order valence-electron chi connectivity index (χ1n) is 11.9. The van der Waals surface area contributed by atoms with Crippen LogP contribution in [0.1, 0.15) is 56.7 Å². The zero-order chi connectivity index (χ0) is 22.6. The highest BCUT2D eigenvalue weighted by Gasteiger charge is 2.48. The van der Waals surface area contributed by atoms with Crippen LogP contribution in [0.15, 0.2) is 23.5 Å². The number of nitrogens with zero attached hydrogens (tertiary/aromatic N) is 6. The van der Waals surface area contributed by atoms with Crippen LogP contribution in [0.25, 0.3) is 0 Å². The summed E-state index contributed by atoms with van der Waals surface area (Å²) in [5.41, 5.74) is 0.0638. The molecule has 0 bridgehead atoms. The van der Waals surface area contributed by atoms with Gasteiger partial charge in [-0.15, -0.1) is 0 Å². The van der Waals surface area contributed by atoms with Crippen LogP contribution in [0.2, 0.25) is 5.02 Å². The molecule has 2 aromatic rings. The van der Waals surface area contributed by atoms with Crippen molar-refractivity contribution in [2.75, 3.05) is 41.8 Å². The Morgan fingerprint density at radius 2 is 1.82 bits per heavy atom. The third kappa shape index (κ3) is 3.63. The highest BCUT2D eigenvalue weighted by molar-refractivity contribution is 7.85. The maximum absolute atomic E-state index is 12.6. The molecular formula is C23H29ClN6O2S. The molecule has 0 aromatic carbocycles. The quantitative estimate of drug-likeness (QED) is 0.701. The molecule has 2 saturated carbocycles. The number of aromatic nitrogens is 4. The van der Waals surface area contributed by atoms with E-state index in [1.807, 2.05) is 0 Å². The van der Waals surface area contributed by atoms with E-state index in [1.54, 1.807) is 18.6 Å². The minimum atomic E-state index is -1.08. The van der Waals surface area contributed by atoms with Crippen LogP contribution >= 0.6 is 11.6 Å². The van der Waals surface area contributed by atoms with Crippen LogP contribution in [-0.4, -0.2) is 66.8 Å².